The van der Waals surface area contributed by atoms with Crippen LogP contribution >= 0.6 is 11.6 Å². The second-order valence-corrected chi connectivity index (χ2v) is 4.68. The number of hydrogen-bond donors (Lipinski definition) is 1. The molecule has 1 aliphatic rings. The minimum absolute atomic E-state index is 0.129. The van der Waals surface area contributed by atoms with E-state index in [1.54, 1.807) is 19.2 Å². The number of halogens is 1. The minimum atomic E-state index is -0.467. The maximum atomic E-state index is 9.64. The fourth-order valence-electron chi connectivity index (χ4n) is 1.87. The summed E-state index contributed by atoms with van der Waals surface area (Å²) < 4.78 is 16.1. The third kappa shape index (κ3) is 3.36. The number of methoxy groups -OCH3 is 1. The van der Waals surface area contributed by atoms with Gasteiger partial charge in [0.15, 0.2) is 0 Å². The van der Waals surface area contributed by atoms with Crippen molar-refractivity contribution in [3.05, 3.63) is 29.3 Å². The zero-order valence-corrected chi connectivity index (χ0v) is 11.0. The van der Waals surface area contributed by atoms with Gasteiger partial charge in [0.2, 0.25) is 0 Å². The molecular formula is C13H17ClO4. The molecule has 0 spiro atoms. The molecule has 3 atom stereocenters. The van der Waals surface area contributed by atoms with E-state index in [1.165, 1.54) is 0 Å². The molecule has 0 heterocycles. The van der Waals surface area contributed by atoms with E-state index in [1.807, 2.05) is 12.1 Å². The van der Waals surface area contributed by atoms with Crippen molar-refractivity contribution in [1.29, 1.82) is 0 Å². The van der Waals surface area contributed by atoms with Crippen LogP contribution < -0.4 is 4.74 Å². The molecule has 0 radical (unpaired) electrons. The Hall–Kier alpha value is -0.810. The number of aliphatic hydroxyl groups is 1. The fraction of sp³-hybridized carbons (Fsp3) is 0.538. The second kappa shape index (κ2) is 6.38. The van der Waals surface area contributed by atoms with Gasteiger partial charge < -0.3 is 19.3 Å². The summed E-state index contributed by atoms with van der Waals surface area (Å²) in [6.07, 6.45) is -0.315. The van der Waals surface area contributed by atoms with Crippen molar-refractivity contribution in [3.63, 3.8) is 0 Å². The Morgan fingerprint density at radius 2 is 2.22 bits per heavy atom. The standard InChI is InChI=1S/C13H17ClO4/c1-16-5-6-17-13-11(15)8-12(13)18-10-4-2-3-9(14)7-10/h2-4,7,11-13,15H,5-6,8H2,1H3. The second-order valence-electron chi connectivity index (χ2n) is 4.24. The summed E-state index contributed by atoms with van der Waals surface area (Å²) in [4.78, 5) is 0. The lowest BCUT2D eigenvalue weighted by Gasteiger charge is -2.40. The van der Waals surface area contributed by atoms with Crippen LogP contribution in [0.5, 0.6) is 5.75 Å². The number of ether oxygens (including phenoxy) is 3. The van der Waals surface area contributed by atoms with Gasteiger partial charge in [-0.05, 0) is 18.2 Å². The molecule has 3 unspecified atom stereocenters. The molecule has 1 aromatic rings. The smallest absolute Gasteiger partial charge is 0.130 e. The van der Waals surface area contributed by atoms with Gasteiger partial charge in [0.05, 0.1) is 19.3 Å². The molecule has 1 aromatic carbocycles. The van der Waals surface area contributed by atoms with E-state index in [9.17, 15) is 5.11 Å². The van der Waals surface area contributed by atoms with Crippen LogP contribution in [-0.2, 0) is 9.47 Å². The highest BCUT2D eigenvalue weighted by molar-refractivity contribution is 6.30. The van der Waals surface area contributed by atoms with Crippen molar-refractivity contribution in [1.82, 2.24) is 0 Å². The lowest BCUT2D eigenvalue weighted by atomic mass is 9.88. The van der Waals surface area contributed by atoms with Gasteiger partial charge in [0.25, 0.3) is 0 Å². The Labute approximate surface area is 111 Å². The molecule has 0 amide bonds. The maximum absolute atomic E-state index is 9.64. The lowest BCUT2D eigenvalue weighted by molar-refractivity contribution is -0.167. The zero-order chi connectivity index (χ0) is 13.0. The zero-order valence-electron chi connectivity index (χ0n) is 10.2. The molecule has 1 aliphatic carbocycles. The third-order valence-electron chi connectivity index (χ3n) is 2.90. The summed E-state index contributed by atoms with van der Waals surface area (Å²) in [5.41, 5.74) is 0. The first kappa shape index (κ1) is 13.6. The van der Waals surface area contributed by atoms with Crippen LogP contribution in [0.4, 0.5) is 0 Å². The molecule has 5 heteroatoms. The summed E-state index contributed by atoms with van der Waals surface area (Å²) in [6, 6.07) is 7.20. The Morgan fingerprint density at radius 3 is 2.89 bits per heavy atom. The van der Waals surface area contributed by atoms with E-state index in [4.69, 9.17) is 25.8 Å². The van der Waals surface area contributed by atoms with E-state index in [0.717, 1.165) is 0 Å². The van der Waals surface area contributed by atoms with Crippen LogP contribution in [0.1, 0.15) is 6.42 Å². The van der Waals surface area contributed by atoms with Gasteiger partial charge in [0.1, 0.15) is 18.0 Å². The van der Waals surface area contributed by atoms with Crippen LogP contribution in [0.25, 0.3) is 0 Å². The molecule has 1 N–H and O–H groups in total. The first-order valence-corrected chi connectivity index (χ1v) is 6.29. The Bertz CT molecular complexity index is 385. The molecule has 0 bridgehead atoms. The third-order valence-corrected chi connectivity index (χ3v) is 3.14. The summed E-state index contributed by atoms with van der Waals surface area (Å²) in [6.45, 7) is 0.959. The number of benzene rings is 1. The molecule has 0 aromatic heterocycles. The molecule has 100 valence electrons. The quantitative estimate of drug-likeness (QED) is 0.804. The predicted octanol–water partition coefficient (Wildman–Crippen LogP) is 1.88. The highest BCUT2D eigenvalue weighted by Crippen LogP contribution is 2.29. The first-order valence-electron chi connectivity index (χ1n) is 5.91. The van der Waals surface area contributed by atoms with Crippen molar-refractivity contribution in [2.24, 2.45) is 0 Å². The molecule has 4 nitrogen and oxygen atoms in total. The molecule has 18 heavy (non-hydrogen) atoms. The van der Waals surface area contributed by atoms with Crippen LogP contribution in [-0.4, -0.2) is 43.7 Å². The Kier molecular flexibility index (Phi) is 4.83. The number of hydrogen-bond acceptors (Lipinski definition) is 4. The van der Waals surface area contributed by atoms with Crippen LogP contribution in [0.15, 0.2) is 24.3 Å². The Morgan fingerprint density at radius 1 is 1.39 bits per heavy atom. The van der Waals surface area contributed by atoms with Crippen molar-refractivity contribution in [2.45, 2.75) is 24.7 Å². The topological polar surface area (TPSA) is 47.9 Å². The van der Waals surface area contributed by atoms with Gasteiger partial charge in [0, 0.05) is 18.6 Å². The van der Waals surface area contributed by atoms with Gasteiger partial charge in [-0.3, -0.25) is 0 Å². The van der Waals surface area contributed by atoms with Crippen LogP contribution in [0.2, 0.25) is 5.02 Å². The average molecular weight is 273 g/mol. The largest absolute Gasteiger partial charge is 0.487 e. The van der Waals surface area contributed by atoms with Gasteiger partial charge in [-0.2, -0.15) is 0 Å². The molecule has 1 fully saturated rings. The normalized spacial score (nSPS) is 26.7. The van der Waals surface area contributed by atoms with Crippen molar-refractivity contribution in [2.75, 3.05) is 20.3 Å². The summed E-state index contributed by atoms with van der Waals surface area (Å²) >= 11 is 5.88. The first-order chi connectivity index (χ1) is 8.70. The minimum Gasteiger partial charge on any atom is -0.487 e. The van der Waals surface area contributed by atoms with E-state index >= 15 is 0 Å². The summed E-state index contributed by atoms with van der Waals surface area (Å²) in [5, 5.41) is 10.3. The van der Waals surface area contributed by atoms with E-state index in [0.29, 0.717) is 30.4 Å². The molecule has 2 rings (SSSR count). The monoisotopic (exact) mass is 272 g/mol. The van der Waals surface area contributed by atoms with Gasteiger partial charge in [-0.15, -0.1) is 0 Å². The average Bonchev–Trinajstić information content (AvgIpc) is 2.34. The Balaban J connectivity index is 1.85. The molecule has 1 saturated carbocycles. The van der Waals surface area contributed by atoms with E-state index < -0.39 is 6.10 Å². The van der Waals surface area contributed by atoms with Crippen molar-refractivity contribution >= 4 is 11.6 Å². The van der Waals surface area contributed by atoms with Crippen molar-refractivity contribution in [3.8, 4) is 5.75 Å². The highest BCUT2D eigenvalue weighted by Gasteiger charge is 2.42. The van der Waals surface area contributed by atoms with Gasteiger partial charge in [-0.25, -0.2) is 0 Å². The van der Waals surface area contributed by atoms with E-state index in [-0.39, 0.29) is 12.2 Å². The molecule has 0 saturated heterocycles. The van der Waals surface area contributed by atoms with Crippen molar-refractivity contribution < 1.29 is 19.3 Å². The number of rotatable bonds is 6. The van der Waals surface area contributed by atoms with Gasteiger partial charge in [-0.1, -0.05) is 17.7 Å². The fourth-order valence-corrected chi connectivity index (χ4v) is 2.05. The summed E-state index contributed by atoms with van der Waals surface area (Å²) in [7, 11) is 1.61. The SMILES string of the molecule is COCCOC1C(O)CC1Oc1cccc(Cl)c1. The number of aliphatic hydroxyl groups excluding tert-OH is 1. The molecular weight excluding hydrogens is 256 g/mol. The maximum Gasteiger partial charge on any atom is 0.130 e. The summed E-state index contributed by atoms with van der Waals surface area (Å²) in [5.74, 6) is 0.694. The van der Waals surface area contributed by atoms with Crippen LogP contribution in [0.3, 0.4) is 0 Å². The highest BCUT2D eigenvalue weighted by atomic mass is 35.5. The van der Waals surface area contributed by atoms with Gasteiger partial charge >= 0.3 is 0 Å². The van der Waals surface area contributed by atoms with Crippen LogP contribution in [0, 0.1) is 0 Å². The lowest BCUT2D eigenvalue weighted by Crippen LogP contribution is -2.55. The molecule has 0 aliphatic heterocycles. The predicted molar refractivity (Wildman–Crippen MR) is 68.1 cm³/mol. The van der Waals surface area contributed by atoms with E-state index in [2.05, 4.69) is 0 Å².